The lowest BCUT2D eigenvalue weighted by atomic mass is 9.94. The third kappa shape index (κ3) is 7.11. The van der Waals surface area contributed by atoms with Crippen LogP contribution in [0.2, 0.25) is 0 Å². The zero-order valence-electron chi connectivity index (χ0n) is 21.5. The van der Waals surface area contributed by atoms with Gasteiger partial charge in [-0.05, 0) is 61.4 Å². The number of thiophene rings is 1. The van der Waals surface area contributed by atoms with Crippen LogP contribution in [0.15, 0.2) is 41.8 Å². The number of ether oxygens (including phenoxy) is 1. The molecule has 1 aromatic carbocycles. The van der Waals surface area contributed by atoms with Gasteiger partial charge in [0, 0.05) is 23.9 Å². The summed E-state index contributed by atoms with van der Waals surface area (Å²) < 4.78 is 5.18. The largest absolute Gasteiger partial charge is 0.497 e. The Bertz CT molecular complexity index is 1120. The fraction of sp³-hybridized carbons (Fsp3) is 0.481. The van der Waals surface area contributed by atoms with Gasteiger partial charge in [-0.3, -0.25) is 19.2 Å². The number of carbonyl (C=O) groups is 4. The molecule has 2 aliphatic rings. The fourth-order valence-corrected chi connectivity index (χ4v) is 5.75. The van der Waals surface area contributed by atoms with Crippen molar-refractivity contribution in [3.63, 3.8) is 0 Å². The molecule has 2 aromatic rings. The number of nitrogens with two attached hydrogens (primary N) is 1. The summed E-state index contributed by atoms with van der Waals surface area (Å²) in [6.45, 7) is 1.09. The van der Waals surface area contributed by atoms with Crippen LogP contribution in [0.1, 0.15) is 36.1 Å². The zero-order chi connectivity index (χ0) is 27.1. The van der Waals surface area contributed by atoms with Gasteiger partial charge in [-0.25, -0.2) is 0 Å². The first-order valence-electron chi connectivity index (χ1n) is 12.9. The maximum absolute atomic E-state index is 13.6. The standard InChI is InChI=1S/C27H35N5O5S/c1-37-19-8-6-17(7-9-19)14-22(25(28)34)31-26(35)23-15-18(30-24(33)16-20-4-3-13-38-20)10-12-32(23)27(36)21-5-2-11-29-21/h3-4,6-9,13,18,21-23,29H,2,5,10-12,14-16H2,1H3,(H2,28,34)(H,30,33)(H,31,35)/t18-,21+,22-,23-/m0/s1. The van der Waals surface area contributed by atoms with E-state index in [2.05, 4.69) is 16.0 Å². The number of amides is 4. The predicted molar refractivity (Wildman–Crippen MR) is 144 cm³/mol. The smallest absolute Gasteiger partial charge is 0.243 e. The number of nitrogens with one attached hydrogen (secondary N) is 3. The van der Waals surface area contributed by atoms with Crippen molar-refractivity contribution in [2.24, 2.45) is 5.73 Å². The first-order valence-corrected chi connectivity index (χ1v) is 13.8. The topological polar surface area (TPSA) is 143 Å². The highest BCUT2D eigenvalue weighted by Crippen LogP contribution is 2.22. The third-order valence-corrected chi connectivity index (χ3v) is 7.96. The van der Waals surface area contributed by atoms with Crippen LogP contribution in [0.4, 0.5) is 0 Å². The molecule has 4 atom stereocenters. The monoisotopic (exact) mass is 541 g/mol. The fourth-order valence-electron chi connectivity index (χ4n) is 5.04. The molecule has 38 heavy (non-hydrogen) atoms. The van der Waals surface area contributed by atoms with Crippen molar-refractivity contribution in [1.82, 2.24) is 20.9 Å². The van der Waals surface area contributed by atoms with Crippen LogP contribution in [0.3, 0.4) is 0 Å². The molecular formula is C27H35N5O5S. The Balaban J connectivity index is 1.46. The average molecular weight is 542 g/mol. The second-order valence-corrected chi connectivity index (χ2v) is 10.8. The quantitative estimate of drug-likeness (QED) is 0.350. The Morgan fingerprint density at radius 2 is 1.97 bits per heavy atom. The summed E-state index contributed by atoms with van der Waals surface area (Å²) in [7, 11) is 1.57. The van der Waals surface area contributed by atoms with Crippen molar-refractivity contribution in [2.75, 3.05) is 20.2 Å². The molecule has 11 heteroatoms. The molecule has 2 saturated heterocycles. The van der Waals surface area contributed by atoms with Crippen molar-refractivity contribution < 1.29 is 23.9 Å². The summed E-state index contributed by atoms with van der Waals surface area (Å²) in [6, 6.07) is 8.58. The first kappa shape index (κ1) is 27.6. The highest BCUT2D eigenvalue weighted by Gasteiger charge is 2.40. The summed E-state index contributed by atoms with van der Waals surface area (Å²) in [6.07, 6.45) is 2.89. The van der Waals surface area contributed by atoms with Gasteiger partial charge in [0.25, 0.3) is 0 Å². The Kier molecular flexibility index (Phi) is 9.35. The van der Waals surface area contributed by atoms with Gasteiger partial charge in [0.1, 0.15) is 17.8 Å². The van der Waals surface area contributed by atoms with Gasteiger partial charge in [0.2, 0.25) is 23.6 Å². The minimum Gasteiger partial charge on any atom is -0.497 e. The number of nitrogens with zero attached hydrogens (tertiary/aromatic N) is 1. The molecule has 4 amide bonds. The second-order valence-electron chi connectivity index (χ2n) is 9.76. The van der Waals surface area contributed by atoms with Gasteiger partial charge in [0.15, 0.2) is 0 Å². The molecule has 2 aliphatic heterocycles. The SMILES string of the molecule is COc1ccc(C[C@H](NC(=O)[C@@H]2C[C@@H](NC(=O)Cc3cccs3)CCN2C(=O)[C@H]2CCCN2)C(N)=O)cc1. The highest BCUT2D eigenvalue weighted by atomic mass is 32.1. The number of benzene rings is 1. The van der Waals surface area contributed by atoms with E-state index in [4.69, 9.17) is 10.5 Å². The van der Waals surface area contributed by atoms with Crippen molar-refractivity contribution >= 4 is 35.0 Å². The summed E-state index contributed by atoms with van der Waals surface area (Å²) in [5.74, 6) is -0.690. The van der Waals surface area contributed by atoms with E-state index in [0.29, 0.717) is 25.1 Å². The number of rotatable bonds is 10. The van der Waals surface area contributed by atoms with Gasteiger partial charge in [-0.15, -0.1) is 11.3 Å². The lowest BCUT2D eigenvalue weighted by Crippen LogP contribution is -2.61. The molecule has 10 nitrogen and oxygen atoms in total. The highest BCUT2D eigenvalue weighted by molar-refractivity contribution is 7.10. The number of primary amides is 1. The Morgan fingerprint density at radius 1 is 1.18 bits per heavy atom. The predicted octanol–water partition coefficient (Wildman–Crippen LogP) is 0.740. The Morgan fingerprint density at radius 3 is 2.61 bits per heavy atom. The summed E-state index contributed by atoms with van der Waals surface area (Å²) in [5.41, 5.74) is 6.45. The number of methoxy groups -OCH3 is 1. The van der Waals surface area contributed by atoms with Gasteiger partial charge in [-0.1, -0.05) is 18.2 Å². The molecule has 0 radical (unpaired) electrons. The van der Waals surface area contributed by atoms with Crippen LogP contribution in [-0.4, -0.2) is 72.9 Å². The minimum atomic E-state index is -0.953. The van der Waals surface area contributed by atoms with E-state index < -0.39 is 23.9 Å². The van der Waals surface area contributed by atoms with Gasteiger partial charge in [-0.2, -0.15) is 0 Å². The van der Waals surface area contributed by atoms with Crippen LogP contribution in [0.25, 0.3) is 0 Å². The number of hydrogen-bond acceptors (Lipinski definition) is 7. The van der Waals surface area contributed by atoms with Crippen LogP contribution >= 0.6 is 11.3 Å². The molecule has 2 fully saturated rings. The molecule has 1 aromatic heterocycles. The molecule has 4 rings (SSSR count). The molecule has 0 bridgehead atoms. The van der Waals surface area contributed by atoms with Crippen molar-refractivity contribution in [2.45, 2.75) is 62.7 Å². The van der Waals surface area contributed by atoms with Gasteiger partial charge < -0.3 is 31.3 Å². The van der Waals surface area contributed by atoms with E-state index in [1.165, 1.54) is 11.3 Å². The van der Waals surface area contributed by atoms with E-state index in [1.807, 2.05) is 29.6 Å². The number of hydrogen-bond donors (Lipinski definition) is 4. The lowest BCUT2D eigenvalue weighted by Gasteiger charge is -2.40. The zero-order valence-corrected chi connectivity index (χ0v) is 22.3. The summed E-state index contributed by atoms with van der Waals surface area (Å²) in [5, 5.41) is 10.9. The maximum Gasteiger partial charge on any atom is 0.243 e. The summed E-state index contributed by atoms with van der Waals surface area (Å²) >= 11 is 1.51. The molecule has 204 valence electrons. The van der Waals surface area contributed by atoms with Gasteiger partial charge >= 0.3 is 0 Å². The maximum atomic E-state index is 13.6. The minimum absolute atomic E-state index is 0.122. The number of piperidine rings is 1. The number of likely N-dealkylation sites (tertiary alicyclic amines) is 1. The van der Waals surface area contributed by atoms with E-state index in [0.717, 1.165) is 23.4 Å². The molecule has 0 unspecified atom stereocenters. The summed E-state index contributed by atoms with van der Waals surface area (Å²) in [4.78, 5) is 54.3. The average Bonchev–Trinajstić information content (AvgIpc) is 3.63. The van der Waals surface area contributed by atoms with E-state index in [1.54, 1.807) is 24.1 Å². The molecule has 5 N–H and O–H groups in total. The molecule has 3 heterocycles. The van der Waals surface area contributed by atoms with Crippen molar-refractivity contribution in [3.05, 3.63) is 52.2 Å². The van der Waals surface area contributed by atoms with Crippen LogP contribution in [-0.2, 0) is 32.0 Å². The normalized spacial score (nSPS) is 21.9. The Hall–Kier alpha value is -3.44. The Labute approximate surface area is 226 Å². The van der Waals surface area contributed by atoms with E-state index in [9.17, 15) is 19.2 Å². The molecule has 0 aliphatic carbocycles. The van der Waals surface area contributed by atoms with E-state index >= 15 is 0 Å². The van der Waals surface area contributed by atoms with Crippen molar-refractivity contribution in [1.29, 1.82) is 0 Å². The third-order valence-electron chi connectivity index (χ3n) is 7.09. The molecular weight excluding hydrogens is 506 g/mol. The lowest BCUT2D eigenvalue weighted by molar-refractivity contribution is -0.145. The second kappa shape index (κ2) is 12.9. The molecule has 0 spiro atoms. The van der Waals surface area contributed by atoms with Crippen LogP contribution in [0, 0.1) is 0 Å². The van der Waals surface area contributed by atoms with Crippen molar-refractivity contribution in [3.8, 4) is 5.75 Å². The first-order chi connectivity index (χ1) is 18.3. The number of carbonyl (C=O) groups excluding carboxylic acids is 4. The van der Waals surface area contributed by atoms with Crippen LogP contribution in [0.5, 0.6) is 5.75 Å². The van der Waals surface area contributed by atoms with Crippen LogP contribution < -0.4 is 26.4 Å². The van der Waals surface area contributed by atoms with Gasteiger partial charge in [0.05, 0.1) is 19.6 Å². The molecule has 0 saturated carbocycles. The van der Waals surface area contributed by atoms with E-state index in [-0.39, 0.29) is 43.2 Å².